The minimum absolute atomic E-state index is 0.0724. The Kier molecular flexibility index (Phi) is 4.67. The van der Waals surface area contributed by atoms with E-state index in [9.17, 15) is 4.79 Å². The van der Waals surface area contributed by atoms with Crippen LogP contribution in [0.25, 0.3) is 0 Å². The number of carbonyl (C=O) groups excluding carboxylic acids is 1. The molecule has 0 aromatic heterocycles. The third kappa shape index (κ3) is 3.56. The Morgan fingerprint density at radius 3 is 2.22 bits per heavy atom. The monoisotopic (exact) mass is 324 g/mol. The molecule has 0 heterocycles. The molecule has 0 bridgehead atoms. The number of carbonyl (C=O) groups is 1. The molecule has 1 fully saturated rings. The van der Waals surface area contributed by atoms with Gasteiger partial charge in [-0.2, -0.15) is 0 Å². The normalized spacial score (nSPS) is 21.1. The summed E-state index contributed by atoms with van der Waals surface area (Å²) < 4.78 is 5.74. The summed E-state index contributed by atoms with van der Waals surface area (Å²) in [5, 5.41) is 1.50. The largest absolute Gasteiger partial charge is 0.459 e. The molecule has 2 aromatic rings. The van der Waals surface area contributed by atoms with Gasteiger partial charge in [0, 0.05) is 0 Å². The summed E-state index contributed by atoms with van der Waals surface area (Å²) in [5.74, 6) is -0.185. The van der Waals surface area contributed by atoms with Crippen molar-refractivity contribution in [3.8, 4) is 0 Å². The Morgan fingerprint density at radius 2 is 1.57 bits per heavy atom. The predicted molar refractivity (Wildman–Crippen MR) is 96.8 cm³/mol. The topological polar surface area (TPSA) is 26.3 Å². The van der Waals surface area contributed by atoms with Crippen molar-refractivity contribution in [1.29, 1.82) is 0 Å². The van der Waals surface area contributed by atoms with E-state index in [2.05, 4.69) is 43.4 Å². The lowest BCUT2D eigenvalue weighted by Crippen LogP contribution is -2.45. The molecule has 3 heteroatoms. The van der Waals surface area contributed by atoms with Crippen LogP contribution in [0.15, 0.2) is 60.7 Å². The molecule has 0 amide bonds. The highest BCUT2D eigenvalue weighted by atomic mass is 28.3. The van der Waals surface area contributed by atoms with Gasteiger partial charge >= 0.3 is 5.97 Å². The molecular weight excluding hydrogens is 300 g/mol. The minimum atomic E-state index is -1.51. The molecule has 1 aliphatic carbocycles. The molecule has 2 atom stereocenters. The summed E-state index contributed by atoms with van der Waals surface area (Å²) >= 11 is 0. The molecule has 1 aliphatic rings. The summed E-state index contributed by atoms with van der Waals surface area (Å²) in [4.78, 5) is 12.2. The first kappa shape index (κ1) is 16.0. The van der Waals surface area contributed by atoms with Crippen LogP contribution in [0, 0.1) is 0 Å². The molecule has 0 saturated heterocycles. The van der Waals surface area contributed by atoms with Gasteiger partial charge in [0.2, 0.25) is 0 Å². The van der Waals surface area contributed by atoms with Crippen LogP contribution in [0.3, 0.4) is 0 Å². The molecular formula is C20H24O2Si. The van der Waals surface area contributed by atoms with Gasteiger partial charge in [0.05, 0.1) is 13.6 Å². The third-order valence-electron chi connectivity index (χ3n) is 5.21. The maximum Gasteiger partial charge on any atom is 0.338 e. The first-order valence-corrected chi connectivity index (χ1v) is 11.5. The van der Waals surface area contributed by atoms with Crippen molar-refractivity contribution in [3.05, 3.63) is 66.2 Å². The van der Waals surface area contributed by atoms with Gasteiger partial charge in [-0.15, -0.1) is 0 Å². The fraction of sp³-hybridized carbons (Fsp3) is 0.350. The van der Waals surface area contributed by atoms with Crippen molar-refractivity contribution < 1.29 is 9.53 Å². The van der Waals surface area contributed by atoms with E-state index in [4.69, 9.17) is 4.74 Å². The van der Waals surface area contributed by atoms with Crippen LogP contribution in [0.4, 0.5) is 0 Å². The highest BCUT2D eigenvalue weighted by Crippen LogP contribution is 2.40. The Bertz CT molecular complexity index is 652. The van der Waals surface area contributed by atoms with Crippen molar-refractivity contribution in [3.63, 3.8) is 0 Å². The summed E-state index contributed by atoms with van der Waals surface area (Å²) in [6.07, 6.45) is 3.24. The second-order valence-corrected chi connectivity index (χ2v) is 11.8. The fourth-order valence-electron chi connectivity index (χ4n) is 3.60. The van der Waals surface area contributed by atoms with Crippen LogP contribution in [-0.2, 0) is 4.74 Å². The Hall–Kier alpha value is -1.87. The Labute approximate surface area is 139 Å². The van der Waals surface area contributed by atoms with E-state index in [1.54, 1.807) is 0 Å². The first-order valence-electron chi connectivity index (χ1n) is 8.39. The molecule has 2 aromatic carbocycles. The molecule has 0 aliphatic heterocycles. The molecule has 120 valence electrons. The van der Waals surface area contributed by atoms with Crippen LogP contribution in [0.2, 0.25) is 18.6 Å². The number of ether oxygens (including phenoxy) is 1. The number of rotatable bonds is 4. The van der Waals surface area contributed by atoms with E-state index in [-0.39, 0.29) is 12.1 Å². The lowest BCUT2D eigenvalue weighted by molar-refractivity contribution is 0.0317. The van der Waals surface area contributed by atoms with Gasteiger partial charge in [-0.05, 0) is 36.9 Å². The maximum atomic E-state index is 12.2. The number of esters is 1. The Morgan fingerprint density at radius 1 is 0.957 bits per heavy atom. The second-order valence-electron chi connectivity index (χ2n) is 6.99. The maximum absolute atomic E-state index is 12.2. The van der Waals surface area contributed by atoms with Gasteiger partial charge in [-0.1, -0.05) is 66.8 Å². The van der Waals surface area contributed by atoms with E-state index in [0.717, 1.165) is 12.8 Å². The molecule has 1 saturated carbocycles. The van der Waals surface area contributed by atoms with E-state index in [1.807, 2.05) is 30.3 Å². The molecule has 3 rings (SSSR count). The molecule has 0 N–H and O–H groups in total. The number of hydrogen-bond donors (Lipinski definition) is 0. The summed E-state index contributed by atoms with van der Waals surface area (Å²) in [6.45, 7) is 4.88. The quantitative estimate of drug-likeness (QED) is 0.616. The Balaban J connectivity index is 1.63. The average Bonchev–Trinajstić information content (AvgIpc) is 3.06. The second kappa shape index (κ2) is 6.71. The van der Waals surface area contributed by atoms with Crippen LogP contribution in [0.1, 0.15) is 29.6 Å². The van der Waals surface area contributed by atoms with Crippen molar-refractivity contribution in [2.75, 3.05) is 0 Å². The van der Waals surface area contributed by atoms with Gasteiger partial charge in [-0.3, -0.25) is 0 Å². The highest BCUT2D eigenvalue weighted by molar-refractivity contribution is 6.91. The van der Waals surface area contributed by atoms with Crippen molar-refractivity contribution in [2.45, 2.75) is 44.0 Å². The van der Waals surface area contributed by atoms with E-state index < -0.39 is 8.07 Å². The van der Waals surface area contributed by atoms with Gasteiger partial charge < -0.3 is 4.74 Å². The van der Waals surface area contributed by atoms with E-state index in [1.165, 1.54) is 11.6 Å². The molecule has 23 heavy (non-hydrogen) atoms. The van der Waals surface area contributed by atoms with Crippen LogP contribution >= 0.6 is 0 Å². The van der Waals surface area contributed by atoms with Gasteiger partial charge in [0.1, 0.15) is 6.10 Å². The highest BCUT2D eigenvalue weighted by Gasteiger charge is 2.40. The zero-order valence-corrected chi connectivity index (χ0v) is 14.9. The van der Waals surface area contributed by atoms with Gasteiger partial charge in [0.25, 0.3) is 0 Å². The standard InChI is InChI=1S/C20H24O2Si/c1-23(2,18-11-7-4-8-12-18)19-14-13-17(15-19)22-20(21)16-9-5-3-6-10-16/h3-12,17,19H,13-15H2,1-2H3/t17-,19+/m0/s1. The van der Waals surface area contributed by atoms with E-state index in [0.29, 0.717) is 11.1 Å². The van der Waals surface area contributed by atoms with Gasteiger partial charge in [0.15, 0.2) is 0 Å². The summed E-state index contributed by atoms with van der Waals surface area (Å²) in [6, 6.07) is 20.2. The summed E-state index contributed by atoms with van der Waals surface area (Å²) in [7, 11) is -1.51. The van der Waals surface area contributed by atoms with Crippen LogP contribution < -0.4 is 5.19 Å². The number of benzene rings is 2. The smallest absolute Gasteiger partial charge is 0.338 e. The lowest BCUT2D eigenvalue weighted by Gasteiger charge is -2.30. The van der Waals surface area contributed by atoms with Gasteiger partial charge in [-0.25, -0.2) is 4.79 Å². The van der Waals surface area contributed by atoms with Crippen molar-refractivity contribution in [2.24, 2.45) is 0 Å². The molecule has 2 nitrogen and oxygen atoms in total. The lowest BCUT2D eigenvalue weighted by atomic mass is 10.2. The third-order valence-corrected chi connectivity index (χ3v) is 9.59. The van der Waals surface area contributed by atoms with Crippen molar-refractivity contribution >= 4 is 19.2 Å². The SMILES string of the molecule is C[Si](C)(c1ccccc1)[C@@H]1CC[C@H](OC(=O)c2ccccc2)C1. The zero-order chi connectivity index (χ0) is 16.3. The minimum Gasteiger partial charge on any atom is -0.459 e. The van der Waals surface area contributed by atoms with E-state index >= 15 is 0 Å². The molecule has 0 radical (unpaired) electrons. The van der Waals surface area contributed by atoms with Crippen LogP contribution in [0.5, 0.6) is 0 Å². The van der Waals surface area contributed by atoms with Crippen molar-refractivity contribution in [1.82, 2.24) is 0 Å². The number of hydrogen-bond acceptors (Lipinski definition) is 2. The van der Waals surface area contributed by atoms with Crippen LogP contribution in [-0.4, -0.2) is 20.1 Å². The zero-order valence-electron chi connectivity index (χ0n) is 13.9. The molecule has 0 unspecified atom stereocenters. The predicted octanol–water partition coefficient (Wildman–Crippen LogP) is 4.38. The average molecular weight is 324 g/mol. The summed E-state index contributed by atoms with van der Waals surface area (Å²) in [5.41, 5.74) is 1.33. The first-order chi connectivity index (χ1) is 11.1. The molecule has 0 spiro atoms. The fourth-order valence-corrected chi connectivity index (χ4v) is 6.86.